The molecule has 0 radical (unpaired) electrons. The van der Waals surface area contributed by atoms with E-state index in [1.165, 1.54) is 36.3 Å². The first-order valence-corrected chi connectivity index (χ1v) is 18.3. The van der Waals surface area contributed by atoms with Crippen LogP contribution in [0.1, 0.15) is 0 Å². The van der Waals surface area contributed by atoms with Crippen molar-refractivity contribution in [2.75, 3.05) is 0 Å². The molecule has 2 aromatic heterocycles. The molecule has 0 spiro atoms. The molecular weight excluding hydrogens is 610 g/mol. The van der Waals surface area contributed by atoms with Gasteiger partial charge in [-0.2, -0.15) is 0 Å². The first-order valence-electron chi connectivity index (χ1n) is 15.7. The maximum absolute atomic E-state index is 15.0. The predicted octanol–water partition coefficient (Wildman–Crippen LogP) is 10.7. The minimum Gasteiger partial charge on any atom is -0.309 e. The van der Waals surface area contributed by atoms with Gasteiger partial charge < -0.3 is 4.57 Å². The zero-order valence-electron chi connectivity index (χ0n) is 25.4. The normalized spacial score (nSPS) is 11.9. The summed E-state index contributed by atoms with van der Waals surface area (Å²) in [6.07, 6.45) is 0. The van der Waals surface area contributed by atoms with Crippen molar-refractivity contribution in [2.24, 2.45) is 0 Å². The van der Waals surface area contributed by atoms with Crippen LogP contribution in [-0.4, -0.2) is 4.98 Å². The second kappa shape index (κ2) is 11.2. The van der Waals surface area contributed by atoms with E-state index in [0.29, 0.717) is 0 Å². The summed E-state index contributed by atoms with van der Waals surface area (Å²) in [5.41, 5.74) is 5.18. The van der Waals surface area contributed by atoms with Crippen molar-refractivity contribution >= 4 is 76.2 Å². The highest BCUT2D eigenvalue weighted by Crippen LogP contribution is 2.45. The highest BCUT2D eigenvalue weighted by Gasteiger charge is 2.29. The van der Waals surface area contributed by atoms with Gasteiger partial charge in [0.25, 0.3) is 0 Å². The van der Waals surface area contributed by atoms with Crippen LogP contribution >= 0.6 is 18.5 Å². The molecule has 0 aliphatic heterocycles. The van der Waals surface area contributed by atoms with Gasteiger partial charge in [-0.25, -0.2) is 4.98 Å². The summed E-state index contributed by atoms with van der Waals surface area (Å²) < 4.78 is 17.6. The Morgan fingerprint density at radius 2 is 1.09 bits per heavy atom. The van der Waals surface area contributed by atoms with Crippen LogP contribution in [0.15, 0.2) is 170 Å². The Hall–Kier alpha value is -5.34. The molecule has 2 heterocycles. The van der Waals surface area contributed by atoms with Crippen LogP contribution in [0.25, 0.3) is 64.2 Å². The first kappa shape index (κ1) is 27.9. The van der Waals surface area contributed by atoms with E-state index in [1.807, 2.05) is 84.1 Å². The van der Waals surface area contributed by atoms with Crippen molar-refractivity contribution < 1.29 is 4.57 Å². The number of aromatic nitrogens is 1. The van der Waals surface area contributed by atoms with E-state index in [4.69, 9.17) is 4.98 Å². The minimum atomic E-state index is -3.07. The van der Waals surface area contributed by atoms with Gasteiger partial charge in [-0.3, -0.25) is 0 Å². The highest BCUT2D eigenvalue weighted by atomic mass is 32.1. The predicted molar refractivity (Wildman–Crippen MR) is 202 cm³/mol. The molecule has 0 aliphatic carbocycles. The number of rotatable bonds is 5. The molecule has 2 nitrogen and oxygen atoms in total. The third-order valence-electron chi connectivity index (χ3n) is 9.14. The minimum absolute atomic E-state index is 0.825. The lowest BCUT2D eigenvalue weighted by Gasteiger charge is -2.20. The van der Waals surface area contributed by atoms with Crippen molar-refractivity contribution in [3.05, 3.63) is 170 Å². The van der Waals surface area contributed by atoms with Crippen LogP contribution in [0.2, 0.25) is 0 Å². The molecule has 222 valence electrons. The molecule has 0 aliphatic rings. The molecule has 0 bridgehead atoms. The average Bonchev–Trinajstić information content (AvgIpc) is 3.54. The number of nitrogens with zero attached hydrogens (tertiary/aromatic N) is 1. The number of pyridine rings is 1. The van der Waals surface area contributed by atoms with Crippen LogP contribution < -0.4 is 15.9 Å². The molecule has 0 unspecified atom stereocenters. The van der Waals surface area contributed by atoms with Gasteiger partial charge in [0.15, 0.2) is 7.14 Å². The SMILES string of the molecule is O=P(c1ccccc1)(c1ccccc1)c1cccc(-c2ccc(-c3nc4ccc5ccccc5c4c4sc5ccccc5c34)cc2)c1. The van der Waals surface area contributed by atoms with E-state index in [1.54, 1.807) is 0 Å². The Bertz CT molecular complexity index is 2600. The summed E-state index contributed by atoms with van der Waals surface area (Å²) in [5, 5.41) is 8.61. The number of benzene rings is 7. The summed E-state index contributed by atoms with van der Waals surface area (Å²) in [6, 6.07) is 58.2. The quantitative estimate of drug-likeness (QED) is 0.139. The Kier molecular flexibility index (Phi) is 6.64. The standard InChI is InChI=1S/C43H28NOPS/c45-46(33-14-3-1-4-15-33,34-16-5-2-6-17-34)35-18-11-13-32(28-35)29-22-24-31(25-23-29)42-41-37-20-9-10-21-39(37)47-43(41)40-36-19-8-7-12-30(36)26-27-38(40)44-42/h1-28H. The first-order chi connectivity index (χ1) is 23.2. The molecule has 0 saturated heterocycles. The summed E-state index contributed by atoms with van der Waals surface area (Å²) in [4.78, 5) is 5.33. The topological polar surface area (TPSA) is 30.0 Å². The van der Waals surface area contributed by atoms with Crippen molar-refractivity contribution in [3.63, 3.8) is 0 Å². The summed E-state index contributed by atoms with van der Waals surface area (Å²) in [7, 11) is -3.07. The summed E-state index contributed by atoms with van der Waals surface area (Å²) in [5.74, 6) is 0. The number of hydrogen-bond acceptors (Lipinski definition) is 3. The van der Waals surface area contributed by atoms with Gasteiger partial charge >= 0.3 is 0 Å². The second-order valence-electron chi connectivity index (χ2n) is 11.9. The van der Waals surface area contributed by atoms with Crippen LogP contribution in [0.5, 0.6) is 0 Å². The van der Waals surface area contributed by atoms with Gasteiger partial charge in [-0.05, 0) is 40.1 Å². The molecular formula is C43H28NOPS. The number of fused-ring (bicyclic) bond motifs is 7. The van der Waals surface area contributed by atoms with Crippen molar-refractivity contribution in [2.45, 2.75) is 0 Å². The molecule has 0 N–H and O–H groups in total. The van der Waals surface area contributed by atoms with Crippen LogP contribution in [0.4, 0.5) is 0 Å². The van der Waals surface area contributed by atoms with Crippen LogP contribution in [-0.2, 0) is 4.57 Å². The molecule has 47 heavy (non-hydrogen) atoms. The van der Waals surface area contributed by atoms with E-state index in [9.17, 15) is 0 Å². The highest BCUT2D eigenvalue weighted by molar-refractivity contribution is 7.85. The Labute approximate surface area is 277 Å². The van der Waals surface area contributed by atoms with Crippen molar-refractivity contribution in [1.82, 2.24) is 4.98 Å². The fourth-order valence-electron chi connectivity index (χ4n) is 6.86. The lowest BCUT2D eigenvalue weighted by Crippen LogP contribution is -2.25. The lowest BCUT2D eigenvalue weighted by atomic mass is 9.98. The largest absolute Gasteiger partial charge is 0.309 e. The zero-order valence-corrected chi connectivity index (χ0v) is 27.1. The van der Waals surface area contributed by atoms with E-state index in [2.05, 4.69) is 97.1 Å². The van der Waals surface area contributed by atoms with Crippen LogP contribution in [0.3, 0.4) is 0 Å². The summed E-state index contributed by atoms with van der Waals surface area (Å²) >= 11 is 1.85. The molecule has 0 atom stereocenters. The smallest absolute Gasteiger partial charge is 0.171 e. The van der Waals surface area contributed by atoms with Crippen molar-refractivity contribution in [3.8, 4) is 22.4 Å². The van der Waals surface area contributed by atoms with E-state index < -0.39 is 7.14 Å². The zero-order chi connectivity index (χ0) is 31.4. The van der Waals surface area contributed by atoms with E-state index >= 15 is 4.57 Å². The molecule has 9 rings (SSSR count). The number of hydrogen-bond donors (Lipinski definition) is 0. The van der Waals surface area contributed by atoms with E-state index in [-0.39, 0.29) is 0 Å². The third kappa shape index (κ3) is 4.54. The van der Waals surface area contributed by atoms with Gasteiger partial charge in [0, 0.05) is 47.0 Å². The van der Waals surface area contributed by atoms with Crippen LogP contribution in [0, 0.1) is 0 Å². The molecule has 0 fully saturated rings. The monoisotopic (exact) mass is 637 g/mol. The maximum Gasteiger partial charge on any atom is 0.171 e. The molecule has 0 saturated carbocycles. The molecule has 4 heteroatoms. The van der Waals surface area contributed by atoms with Gasteiger partial charge in [0.05, 0.1) is 11.2 Å². The van der Waals surface area contributed by atoms with Gasteiger partial charge in [-0.15, -0.1) is 11.3 Å². The fraction of sp³-hybridized carbons (Fsp3) is 0. The van der Waals surface area contributed by atoms with Gasteiger partial charge in [0.1, 0.15) is 0 Å². The van der Waals surface area contributed by atoms with Crippen molar-refractivity contribution in [1.29, 1.82) is 0 Å². The second-order valence-corrected chi connectivity index (χ2v) is 15.7. The molecule has 9 aromatic rings. The third-order valence-corrected chi connectivity index (χ3v) is 13.4. The maximum atomic E-state index is 15.0. The Morgan fingerprint density at radius 3 is 1.83 bits per heavy atom. The lowest BCUT2D eigenvalue weighted by molar-refractivity contribution is 0.592. The van der Waals surface area contributed by atoms with E-state index in [0.717, 1.165) is 43.8 Å². The average molecular weight is 638 g/mol. The number of thiophene rings is 1. The Morgan fingerprint density at radius 1 is 0.468 bits per heavy atom. The molecule has 7 aromatic carbocycles. The fourth-order valence-corrected chi connectivity index (χ4v) is 10.8. The summed E-state index contributed by atoms with van der Waals surface area (Å²) in [6.45, 7) is 0. The Balaban J connectivity index is 1.19. The molecule has 0 amide bonds. The van der Waals surface area contributed by atoms with Gasteiger partial charge in [-0.1, -0.05) is 152 Å². The van der Waals surface area contributed by atoms with Gasteiger partial charge in [0.2, 0.25) is 0 Å².